The number of aromatic nitrogens is 4. The van der Waals surface area contributed by atoms with Gasteiger partial charge in [0.1, 0.15) is 24.1 Å². The van der Waals surface area contributed by atoms with E-state index in [1.54, 1.807) is 6.92 Å². The van der Waals surface area contributed by atoms with Crippen LogP contribution in [0.4, 0.5) is 0 Å². The summed E-state index contributed by atoms with van der Waals surface area (Å²) >= 11 is 0. The highest BCUT2D eigenvalue weighted by Crippen LogP contribution is 2.30. The number of aliphatic hydroxyl groups excluding tert-OH is 3. The number of ether oxygens (including phenoxy) is 1. The summed E-state index contributed by atoms with van der Waals surface area (Å²) in [6.07, 6.45) is -2.69. The fraction of sp³-hybridized carbons (Fsp3) is 0.583. The fourth-order valence-electron chi connectivity index (χ4n) is 2.56. The summed E-state index contributed by atoms with van der Waals surface area (Å²) in [5, 5.41) is 46.7. The Labute approximate surface area is 124 Å². The Balaban J connectivity index is 2.13. The molecule has 3 rings (SSSR count). The molecule has 4 atom stereocenters. The molecule has 5 N–H and O–H groups in total. The standard InChI is InChI=1S/C12H17N5O5/c1-2-6-15-11-7(10(13)17(6)21)14-4-16(11)12-9(20)8(19)5(3-18)22-12/h4-5,8-9,12-13,18-21H,2-3H2,1H3/t5-,8-,9-,12-/m1/s1. The molecule has 0 saturated carbocycles. The normalized spacial score (nSPS) is 28.5. The average Bonchev–Trinajstić information content (AvgIpc) is 3.05. The number of aryl methyl sites for hydroxylation is 1. The van der Waals surface area contributed by atoms with E-state index in [0.717, 1.165) is 0 Å². The third-order valence-electron chi connectivity index (χ3n) is 3.79. The van der Waals surface area contributed by atoms with Crippen LogP contribution in [-0.4, -0.2) is 64.7 Å². The van der Waals surface area contributed by atoms with E-state index in [-0.39, 0.29) is 22.5 Å². The van der Waals surface area contributed by atoms with Crippen LogP contribution in [0.25, 0.3) is 11.2 Å². The van der Waals surface area contributed by atoms with Crippen LogP contribution in [0, 0.1) is 5.41 Å². The number of hydrogen-bond acceptors (Lipinski definition) is 8. The molecule has 2 aromatic heterocycles. The van der Waals surface area contributed by atoms with Crippen LogP contribution in [0.3, 0.4) is 0 Å². The molecule has 22 heavy (non-hydrogen) atoms. The number of fused-ring (bicyclic) bond motifs is 1. The van der Waals surface area contributed by atoms with Gasteiger partial charge in [-0.05, 0) is 0 Å². The molecule has 120 valence electrons. The van der Waals surface area contributed by atoms with E-state index in [4.69, 9.17) is 15.3 Å². The van der Waals surface area contributed by atoms with Crippen LogP contribution in [0.5, 0.6) is 0 Å². The van der Waals surface area contributed by atoms with Gasteiger partial charge in [0.2, 0.25) is 0 Å². The van der Waals surface area contributed by atoms with Crippen LogP contribution in [0.2, 0.25) is 0 Å². The number of rotatable bonds is 3. The molecular formula is C12H17N5O5. The largest absolute Gasteiger partial charge is 0.425 e. The highest BCUT2D eigenvalue weighted by atomic mass is 16.6. The van der Waals surface area contributed by atoms with Gasteiger partial charge >= 0.3 is 0 Å². The molecule has 10 nitrogen and oxygen atoms in total. The summed E-state index contributed by atoms with van der Waals surface area (Å²) < 4.78 is 7.47. The second-order valence-electron chi connectivity index (χ2n) is 5.09. The molecule has 0 radical (unpaired) electrons. The maximum Gasteiger partial charge on any atom is 0.192 e. The van der Waals surface area contributed by atoms with Gasteiger partial charge in [0.25, 0.3) is 0 Å². The van der Waals surface area contributed by atoms with Crippen molar-refractivity contribution < 1.29 is 25.3 Å². The first-order valence-electron chi connectivity index (χ1n) is 6.84. The van der Waals surface area contributed by atoms with Crippen molar-refractivity contribution in [1.29, 1.82) is 5.41 Å². The molecule has 10 heteroatoms. The van der Waals surface area contributed by atoms with Crippen LogP contribution in [0.15, 0.2) is 6.33 Å². The summed E-state index contributed by atoms with van der Waals surface area (Å²) in [6.45, 7) is 1.34. The molecule has 1 fully saturated rings. The third kappa shape index (κ3) is 2.00. The lowest BCUT2D eigenvalue weighted by atomic mass is 10.1. The first-order valence-corrected chi connectivity index (χ1v) is 6.84. The predicted octanol–water partition coefficient (Wildman–Crippen LogP) is -1.88. The van der Waals surface area contributed by atoms with Gasteiger partial charge < -0.3 is 25.3 Å². The Kier molecular flexibility index (Phi) is 3.60. The van der Waals surface area contributed by atoms with Crippen molar-refractivity contribution in [2.45, 2.75) is 37.9 Å². The minimum Gasteiger partial charge on any atom is -0.425 e. The second kappa shape index (κ2) is 5.32. The van der Waals surface area contributed by atoms with E-state index in [1.807, 2.05) is 0 Å². The minimum absolute atomic E-state index is 0.137. The summed E-state index contributed by atoms with van der Waals surface area (Å²) in [6, 6.07) is 0. The molecule has 2 aromatic rings. The maximum atomic E-state index is 10.1. The summed E-state index contributed by atoms with van der Waals surface area (Å²) in [7, 11) is 0. The van der Waals surface area contributed by atoms with Gasteiger partial charge in [-0.15, -0.1) is 0 Å². The second-order valence-corrected chi connectivity index (χ2v) is 5.09. The van der Waals surface area contributed by atoms with Gasteiger partial charge in [0, 0.05) is 6.42 Å². The lowest BCUT2D eigenvalue weighted by Crippen LogP contribution is -2.33. The first kappa shape index (κ1) is 14.9. The van der Waals surface area contributed by atoms with E-state index in [1.165, 1.54) is 10.9 Å². The number of nitrogens with zero attached hydrogens (tertiary/aromatic N) is 4. The monoisotopic (exact) mass is 311 g/mol. The third-order valence-corrected chi connectivity index (χ3v) is 3.79. The van der Waals surface area contributed by atoms with Crippen molar-refractivity contribution in [2.75, 3.05) is 6.61 Å². The molecule has 1 aliphatic rings. The zero-order valence-electron chi connectivity index (χ0n) is 11.8. The van der Waals surface area contributed by atoms with E-state index < -0.39 is 31.1 Å². The van der Waals surface area contributed by atoms with E-state index in [9.17, 15) is 15.4 Å². The van der Waals surface area contributed by atoms with Crippen molar-refractivity contribution in [3.05, 3.63) is 17.6 Å². The summed E-state index contributed by atoms with van der Waals surface area (Å²) in [4.78, 5) is 8.23. The Bertz CT molecular complexity index is 756. The Morgan fingerprint density at radius 3 is 2.68 bits per heavy atom. The molecule has 0 spiro atoms. The molecule has 0 amide bonds. The van der Waals surface area contributed by atoms with Gasteiger partial charge in [-0.3, -0.25) is 9.98 Å². The van der Waals surface area contributed by atoms with E-state index >= 15 is 0 Å². The van der Waals surface area contributed by atoms with E-state index in [2.05, 4.69) is 9.97 Å². The predicted molar refractivity (Wildman–Crippen MR) is 70.9 cm³/mol. The number of hydrogen-bond donors (Lipinski definition) is 5. The molecule has 0 aromatic carbocycles. The molecule has 0 bridgehead atoms. The van der Waals surface area contributed by atoms with Crippen molar-refractivity contribution >= 4 is 11.2 Å². The lowest BCUT2D eigenvalue weighted by Gasteiger charge is -2.17. The minimum atomic E-state index is -1.27. The fourth-order valence-corrected chi connectivity index (χ4v) is 2.56. The SMILES string of the molecule is CCc1nc2c(ncn2[C@@H]2O[C@H](CO)[C@@H](O)[C@H]2O)c(=N)n1O. The van der Waals surface area contributed by atoms with Crippen molar-refractivity contribution in [1.82, 2.24) is 19.3 Å². The van der Waals surface area contributed by atoms with Crippen LogP contribution in [0.1, 0.15) is 19.0 Å². The lowest BCUT2D eigenvalue weighted by molar-refractivity contribution is -0.0511. The summed E-state index contributed by atoms with van der Waals surface area (Å²) in [5.41, 5.74) is 0.159. The maximum absolute atomic E-state index is 10.1. The zero-order valence-corrected chi connectivity index (χ0v) is 11.8. The van der Waals surface area contributed by atoms with Gasteiger partial charge in [-0.2, -0.15) is 4.73 Å². The van der Waals surface area contributed by atoms with Gasteiger partial charge in [-0.25, -0.2) is 9.97 Å². The molecule has 1 saturated heterocycles. The first-order chi connectivity index (χ1) is 10.5. The van der Waals surface area contributed by atoms with Crippen LogP contribution < -0.4 is 5.49 Å². The van der Waals surface area contributed by atoms with Gasteiger partial charge in [0.15, 0.2) is 22.9 Å². The Morgan fingerprint density at radius 1 is 1.36 bits per heavy atom. The average molecular weight is 311 g/mol. The van der Waals surface area contributed by atoms with E-state index in [0.29, 0.717) is 11.2 Å². The highest BCUT2D eigenvalue weighted by molar-refractivity contribution is 5.69. The number of imidazole rings is 1. The van der Waals surface area contributed by atoms with Crippen LogP contribution in [-0.2, 0) is 11.2 Å². The van der Waals surface area contributed by atoms with Crippen molar-refractivity contribution in [3.8, 4) is 0 Å². The molecule has 1 aliphatic heterocycles. The topological polar surface area (TPSA) is 150 Å². The molecule has 3 heterocycles. The van der Waals surface area contributed by atoms with Gasteiger partial charge in [0.05, 0.1) is 12.9 Å². The molecule has 0 unspecified atom stereocenters. The zero-order chi connectivity index (χ0) is 16.0. The quantitative estimate of drug-likeness (QED) is 0.416. The smallest absolute Gasteiger partial charge is 0.192 e. The van der Waals surface area contributed by atoms with Crippen molar-refractivity contribution in [3.63, 3.8) is 0 Å². The Morgan fingerprint density at radius 2 is 2.09 bits per heavy atom. The molecule has 0 aliphatic carbocycles. The highest BCUT2D eigenvalue weighted by Gasteiger charge is 2.44. The van der Waals surface area contributed by atoms with Crippen molar-refractivity contribution in [2.24, 2.45) is 0 Å². The Hall–Kier alpha value is -2.01. The van der Waals surface area contributed by atoms with Crippen LogP contribution >= 0.6 is 0 Å². The number of nitrogens with one attached hydrogen (secondary N) is 1. The number of aliphatic hydroxyl groups is 3. The molecular weight excluding hydrogens is 294 g/mol. The van der Waals surface area contributed by atoms with Gasteiger partial charge in [-0.1, -0.05) is 6.92 Å². The summed E-state index contributed by atoms with van der Waals surface area (Å²) in [5.74, 6) is 0.256.